The molecule has 0 aliphatic heterocycles. The topological polar surface area (TPSA) is 198 Å². The van der Waals surface area contributed by atoms with Crippen molar-refractivity contribution in [2.24, 2.45) is 10.7 Å². The number of carbonyl (C=O) groups excluding carboxylic acids is 4. The fourth-order valence-electron chi connectivity index (χ4n) is 5.36. The first-order valence-corrected chi connectivity index (χ1v) is 16.9. The molecule has 4 aromatic rings. The zero-order valence-electron chi connectivity index (χ0n) is 32.0. The maximum atomic E-state index is 13.6. The summed E-state index contributed by atoms with van der Waals surface area (Å²) in [6.45, 7) is 0.477. The van der Waals surface area contributed by atoms with Crippen LogP contribution in [0.2, 0.25) is 0 Å². The summed E-state index contributed by atoms with van der Waals surface area (Å²) in [6.07, 6.45) is 0. The number of amides is 4. The summed E-state index contributed by atoms with van der Waals surface area (Å²) < 4.78 is 21.7. The van der Waals surface area contributed by atoms with Crippen molar-refractivity contribution >= 4 is 52.3 Å². The number of ether oxygens (including phenoxy) is 4. The van der Waals surface area contributed by atoms with E-state index < -0.39 is 23.6 Å². The first-order valence-electron chi connectivity index (χ1n) is 16.9. The zero-order valence-corrected chi connectivity index (χ0v) is 32.0. The van der Waals surface area contributed by atoms with Crippen LogP contribution in [-0.4, -0.2) is 109 Å². The molecule has 4 aromatic carbocycles. The Labute approximate surface area is 319 Å². The molecule has 0 bridgehead atoms. The van der Waals surface area contributed by atoms with E-state index in [-0.39, 0.29) is 58.3 Å². The van der Waals surface area contributed by atoms with Crippen LogP contribution in [0.4, 0.5) is 22.7 Å². The first kappa shape index (κ1) is 41.0. The number of nitrogens with two attached hydrogens (primary N) is 1. The fourth-order valence-corrected chi connectivity index (χ4v) is 5.36. The van der Waals surface area contributed by atoms with E-state index >= 15 is 0 Å². The third kappa shape index (κ3) is 10.2. The number of rotatable bonds is 14. The molecule has 0 aromatic heterocycles. The molecule has 0 heterocycles. The summed E-state index contributed by atoms with van der Waals surface area (Å²) in [4.78, 5) is 61.5. The Morgan fingerprint density at radius 2 is 0.873 bits per heavy atom. The lowest BCUT2D eigenvalue weighted by Crippen LogP contribution is -2.35. The van der Waals surface area contributed by atoms with E-state index in [1.54, 1.807) is 48.5 Å². The van der Waals surface area contributed by atoms with E-state index in [4.69, 9.17) is 24.7 Å². The zero-order chi connectivity index (χ0) is 40.2. The van der Waals surface area contributed by atoms with Crippen molar-refractivity contribution in [3.05, 3.63) is 95.1 Å². The van der Waals surface area contributed by atoms with Crippen LogP contribution >= 0.6 is 0 Å². The Balaban J connectivity index is 1.51. The highest BCUT2D eigenvalue weighted by Gasteiger charge is 2.23. The summed E-state index contributed by atoms with van der Waals surface area (Å²) in [7, 11) is 13.2. The Bertz CT molecular complexity index is 2040. The highest BCUT2D eigenvalue weighted by molar-refractivity contribution is 6.12. The lowest BCUT2D eigenvalue weighted by atomic mass is 10.1. The lowest BCUT2D eigenvalue weighted by Gasteiger charge is -2.22. The fraction of sp³-hybridized carbons (Fsp3) is 0.256. The van der Waals surface area contributed by atoms with Gasteiger partial charge in [0.2, 0.25) is 5.96 Å². The molecule has 55 heavy (non-hydrogen) atoms. The normalized spacial score (nSPS) is 10.3. The van der Waals surface area contributed by atoms with Gasteiger partial charge in [-0.15, -0.1) is 0 Å². The van der Waals surface area contributed by atoms with Crippen LogP contribution in [0, 0.1) is 0 Å². The molecule has 6 N–H and O–H groups in total. The Hall–Kier alpha value is -6.81. The molecule has 0 aliphatic rings. The Morgan fingerprint density at radius 1 is 0.545 bits per heavy atom. The Morgan fingerprint density at radius 3 is 1.18 bits per heavy atom. The molecule has 4 amide bonds. The van der Waals surface area contributed by atoms with Crippen molar-refractivity contribution in [3.63, 3.8) is 0 Å². The molecule has 0 unspecified atom stereocenters. The van der Waals surface area contributed by atoms with Crippen LogP contribution in [-0.2, 0) is 0 Å². The number of guanidine groups is 1. The lowest BCUT2D eigenvalue weighted by molar-refractivity contribution is 0.0949. The summed E-state index contributed by atoms with van der Waals surface area (Å²) in [5, 5.41) is 11.1. The number of benzene rings is 4. The molecule has 16 nitrogen and oxygen atoms in total. The number of hydrogen-bond donors (Lipinski definition) is 5. The molecule has 16 heteroatoms. The summed E-state index contributed by atoms with van der Waals surface area (Å²) >= 11 is 0. The van der Waals surface area contributed by atoms with Crippen LogP contribution < -0.4 is 45.9 Å². The first-order chi connectivity index (χ1) is 26.3. The molecule has 0 radical (unpaired) electrons. The summed E-state index contributed by atoms with van der Waals surface area (Å²) in [6, 6.07) is 19.0. The van der Waals surface area contributed by atoms with Crippen molar-refractivity contribution in [2.45, 2.75) is 0 Å². The second-order valence-corrected chi connectivity index (χ2v) is 12.2. The van der Waals surface area contributed by atoms with Crippen molar-refractivity contribution in [2.75, 3.05) is 85.7 Å². The van der Waals surface area contributed by atoms with Crippen LogP contribution in [0.3, 0.4) is 0 Å². The van der Waals surface area contributed by atoms with Gasteiger partial charge in [-0.3, -0.25) is 19.2 Å². The largest absolute Gasteiger partial charge is 0.496 e. The van der Waals surface area contributed by atoms with Crippen LogP contribution in [0.5, 0.6) is 23.0 Å². The maximum absolute atomic E-state index is 13.6. The monoisotopic (exact) mass is 754 g/mol. The number of aliphatic imine (C=N–C) groups is 1. The van der Waals surface area contributed by atoms with E-state index in [0.29, 0.717) is 22.7 Å². The van der Waals surface area contributed by atoms with Gasteiger partial charge in [-0.2, -0.15) is 0 Å². The number of methoxy groups -OCH3 is 4. The van der Waals surface area contributed by atoms with Gasteiger partial charge in [0.05, 0.1) is 56.4 Å². The molecule has 0 atom stereocenters. The number of hydrogen-bond acceptors (Lipinski definition) is 10. The van der Waals surface area contributed by atoms with Crippen LogP contribution in [0.25, 0.3) is 0 Å². The quantitative estimate of drug-likeness (QED) is 0.0910. The number of anilines is 3. The van der Waals surface area contributed by atoms with Crippen molar-refractivity contribution in [3.8, 4) is 23.0 Å². The minimum atomic E-state index is -0.562. The highest BCUT2D eigenvalue weighted by atomic mass is 16.5. The average Bonchev–Trinajstić information content (AvgIpc) is 3.18. The third-order valence-corrected chi connectivity index (χ3v) is 8.01. The second kappa shape index (κ2) is 18.8. The smallest absolute Gasteiger partial charge is 0.259 e. The summed E-state index contributed by atoms with van der Waals surface area (Å²) in [5.41, 5.74) is 7.90. The van der Waals surface area contributed by atoms with E-state index in [0.717, 1.165) is 5.96 Å². The second-order valence-electron chi connectivity index (χ2n) is 12.2. The SMILES string of the molecule is COc1cc(OC)c(C(=O)Nc2ccc(NC(=O)c3cc(C(=O)Nc4ccc(N=C(N(C)C)N(C)C)cc4)c(OC)cc3OC)cc2)cc1C(=O)NCCN. The average molecular weight is 755 g/mol. The van der Waals surface area contributed by atoms with Gasteiger partial charge in [0.15, 0.2) is 0 Å². The van der Waals surface area contributed by atoms with Crippen molar-refractivity contribution in [1.29, 1.82) is 0 Å². The van der Waals surface area contributed by atoms with Gasteiger partial charge in [0.1, 0.15) is 23.0 Å². The minimum absolute atomic E-state index is 0.0771. The Kier molecular flexibility index (Phi) is 14.0. The van der Waals surface area contributed by atoms with E-state index in [1.165, 1.54) is 52.7 Å². The number of nitrogens with zero attached hydrogens (tertiary/aromatic N) is 3. The van der Waals surface area contributed by atoms with Gasteiger partial charge in [-0.05, 0) is 60.7 Å². The van der Waals surface area contributed by atoms with Crippen LogP contribution in [0.1, 0.15) is 41.4 Å². The van der Waals surface area contributed by atoms with Crippen molar-refractivity contribution in [1.82, 2.24) is 15.1 Å². The number of nitrogens with one attached hydrogen (secondary N) is 4. The molecule has 0 aliphatic carbocycles. The number of carbonyl (C=O) groups is 4. The molecule has 290 valence electrons. The van der Waals surface area contributed by atoms with Gasteiger partial charge >= 0.3 is 0 Å². The van der Waals surface area contributed by atoms with Crippen LogP contribution in [0.15, 0.2) is 77.8 Å². The highest BCUT2D eigenvalue weighted by Crippen LogP contribution is 2.32. The van der Waals surface area contributed by atoms with E-state index in [1.807, 2.05) is 38.0 Å². The van der Waals surface area contributed by atoms with Gasteiger partial charge in [0.25, 0.3) is 23.6 Å². The molecule has 4 rings (SSSR count). The van der Waals surface area contributed by atoms with E-state index in [9.17, 15) is 19.2 Å². The predicted molar refractivity (Wildman–Crippen MR) is 212 cm³/mol. The van der Waals surface area contributed by atoms with Gasteiger partial charge in [0, 0.05) is 70.5 Å². The van der Waals surface area contributed by atoms with E-state index in [2.05, 4.69) is 26.3 Å². The molecule has 0 saturated carbocycles. The summed E-state index contributed by atoms with van der Waals surface area (Å²) in [5.74, 6) is -0.541. The molecular weight excluding hydrogens is 708 g/mol. The molecular formula is C39H46N8O8. The molecule has 0 fully saturated rings. The maximum Gasteiger partial charge on any atom is 0.259 e. The molecule has 0 saturated heterocycles. The van der Waals surface area contributed by atoms with Crippen molar-refractivity contribution < 1.29 is 38.1 Å². The minimum Gasteiger partial charge on any atom is -0.496 e. The van der Waals surface area contributed by atoms with Gasteiger partial charge < -0.3 is 55.7 Å². The van der Waals surface area contributed by atoms with Gasteiger partial charge in [-0.25, -0.2) is 4.99 Å². The third-order valence-electron chi connectivity index (χ3n) is 8.01. The standard InChI is InChI=1S/C39H46N8O8/c1-46(2)39(47(3)4)45-26-15-13-25(14-16-26)44-38(51)30-20-29(33(54-7)22-34(30)55-8)37(50)43-24-11-9-23(10-12-24)42-36(49)28-19-27(35(48)41-18-17-40)31(52-5)21-32(28)53-6/h9-16,19-22H,17-18,40H2,1-8H3,(H,41,48)(H,42,49)(H,43,50)(H,44,51). The molecule has 0 spiro atoms. The van der Waals surface area contributed by atoms with Gasteiger partial charge in [-0.1, -0.05) is 0 Å². The predicted octanol–water partition coefficient (Wildman–Crippen LogP) is 4.28.